The van der Waals surface area contributed by atoms with Crippen LogP contribution in [0.2, 0.25) is 0 Å². The Morgan fingerprint density at radius 1 is 1.15 bits per heavy atom. The minimum absolute atomic E-state index is 0.489. The molecule has 4 nitrogen and oxygen atoms in total. The van der Waals surface area contributed by atoms with Gasteiger partial charge >= 0.3 is 0 Å². The molecule has 0 aliphatic heterocycles. The van der Waals surface area contributed by atoms with Crippen LogP contribution in [0.3, 0.4) is 0 Å². The lowest BCUT2D eigenvalue weighted by molar-refractivity contribution is 0.462. The molecule has 110 valence electrons. The summed E-state index contributed by atoms with van der Waals surface area (Å²) in [6.07, 6.45) is 1.92. The molecule has 0 fully saturated rings. The van der Waals surface area contributed by atoms with Gasteiger partial charge in [0.15, 0.2) is 0 Å². The van der Waals surface area contributed by atoms with Crippen molar-refractivity contribution in [3.8, 4) is 0 Å². The number of hydrogen-bond acceptors (Lipinski definition) is 3. The normalized spacial score (nSPS) is 13.2. The van der Waals surface area contributed by atoms with E-state index in [1.54, 1.807) is 0 Å². The number of benzene rings is 1. The summed E-state index contributed by atoms with van der Waals surface area (Å²) in [5, 5.41) is 7.02. The van der Waals surface area contributed by atoms with Crippen molar-refractivity contribution in [1.82, 2.24) is 20.2 Å². The summed E-state index contributed by atoms with van der Waals surface area (Å²) in [5.41, 5.74) is 2.28. The highest BCUT2D eigenvalue weighted by Gasteiger charge is 2.03. The summed E-state index contributed by atoms with van der Waals surface area (Å²) in [4.78, 5) is 4.41. The Labute approximate surface area is 121 Å². The van der Waals surface area contributed by atoms with Crippen molar-refractivity contribution < 1.29 is 0 Å². The summed E-state index contributed by atoms with van der Waals surface area (Å²) in [6, 6.07) is 8.75. The second kappa shape index (κ2) is 7.41. The Balaban J connectivity index is 1.73. The van der Waals surface area contributed by atoms with Crippen molar-refractivity contribution >= 4 is 11.0 Å². The van der Waals surface area contributed by atoms with Crippen molar-refractivity contribution in [2.45, 2.75) is 33.4 Å². The first kappa shape index (κ1) is 15.0. The largest absolute Gasteiger partial charge is 0.329 e. The first-order valence-corrected chi connectivity index (χ1v) is 7.51. The summed E-state index contributed by atoms with van der Waals surface area (Å²) >= 11 is 0. The lowest BCUT2D eigenvalue weighted by Crippen LogP contribution is -2.38. The van der Waals surface area contributed by atoms with E-state index in [1.165, 1.54) is 5.52 Å². The number of para-hydroxylation sites is 2. The second-order valence-electron chi connectivity index (χ2n) is 5.83. The van der Waals surface area contributed by atoms with Gasteiger partial charge in [-0.25, -0.2) is 4.98 Å². The van der Waals surface area contributed by atoms with Crippen molar-refractivity contribution in [3.63, 3.8) is 0 Å². The van der Waals surface area contributed by atoms with E-state index < -0.39 is 0 Å². The predicted molar refractivity (Wildman–Crippen MR) is 84.9 cm³/mol. The van der Waals surface area contributed by atoms with Crippen molar-refractivity contribution in [3.05, 3.63) is 30.6 Å². The van der Waals surface area contributed by atoms with Crippen LogP contribution in [0.15, 0.2) is 30.6 Å². The topological polar surface area (TPSA) is 41.9 Å². The maximum Gasteiger partial charge on any atom is 0.0958 e. The lowest BCUT2D eigenvalue weighted by atomic mass is 10.2. The van der Waals surface area contributed by atoms with Crippen molar-refractivity contribution in [1.29, 1.82) is 0 Å². The molecule has 1 unspecified atom stereocenters. The van der Waals surface area contributed by atoms with E-state index in [1.807, 2.05) is 12.4 Å². The van der Waals surface area contributed by atoms with Crippen LogP contribution in [-0.4, -0.2) is 35.2 Å². The average Bonchev–Trinajstić information content (AvgIpc) is 2.82. The fourth-order valence-electron chi connectivity index (χ4n) is 2.28. The second-order valence-corrected chi connectivity index (χ2v) is 5.83. The fraction of sp³-hybridized carbons (Fsp3) is 0.562. The maximum absolute atomic E-state index is 4.41. The van der Waals surface area contributed by atoms with E-state index in [0.29, 0.717) is 12.0 Å². The highest BCUT2D eigenvalue weighted by Crippen LogP contribution is 2.10. The highest BCUT2D eigenvalue weighted by atomic mass is 15.1. The Morgan fingerprint density at radius 2 is 1.95 bits per heavy atom. The molecule has 1 heterocycles. The van der Waals surface area contributed by atoms with Crippen LogP contribution in [0.1, 0.15) is 20.8 Å². The summed E-state index contributed by atoms with van der Waals surface area (Å²) < 4.78 is 2.20. The molecule has 0 aliphatic rings. The number of nitrogens with one attached hydrogen (secondary N) is 2. The van der Waals surface area contributed by atoms with E-state index >= 15 is 0 Å². The molecule has 0 radical (unpaired) electrons. The van der Waals surface area contributed by atoms with Gasteiger partial charge in [-0.2, -0.15) is 0 Å². The van der Waals surface area contributed by atoms with Gasteiger partial charge in [0.25, 0.3) is 0 Å². The minimum atomic E-state index is 0.489. The zero-order chi connectivity index (χ0) is 14.4. The number of fused-ring (bicyclic) bond motifs is 1. The lowest BCUT2D eigenvalue weighted by Gasteiger charge is -2.16. The fourth-order valence-corrected chi connectivity index (χ4v) is 2.28. The molecule has 2 N–H and O–H groups in total. The molecule has 0 saturated carbocycles. The first-order valence-electron chi connectivity index (χ1n) is 7.51. The molecule has 0 saturated heterocycles. The van der Waals surface area contributed by atoms with Crippen LogP contribution in [0, 0.1) is 5.92 Å². The van der Waals surface area contributed by atoms with Crippen LogP contribution in [0.25, 0.3) is 11.0 Å². The Hall–Kier alpha value is -1.39. The molecular weight excluding hydrogens is 248 g/mol. The minimum Gasteiger partial charge on any atom is -0.329 e. The van der Waals surface area contributed by atoms with Crippen molar-refractivity contribution in [2.24, 2.45) is 5.92 Å². The van der Waals surface area contributed by atoms with E-state index in [2.05, 4.69) is 59.2 Å². The van der Waals surface area contributed by atoms with Gasteiger partial charge < -0.3 is 15.2 Å². The van der Waals surface area contributed by atoms with E-state index in [-0.39, 0.29) is 0 Å². The third-order valence-electron chi connectivity index (χ3n) is 3.38. The van der Waals surface area contributed by atoms with E-state index in [0.717, 1.165) is 31.7 Å². The molecule has 2 rings (SSSR count). The van der Waals surface area contributed by atoms with Gasteiger partial charge in [0.2, 0.25) is 0 Å². The van der Waals surface area contributed by atoms with Gasteiger partial charge in [0.05, 0.1) is 17.4 Å². The zero-order valence-corrected chi connectivity index (χ0v) is 12.8. The Morgan fingerprint density at radius 3 is 2.75 bits per heavy atom. The van der Waals surface area contributed by atoms with E-state index in [9.17, 15) is 0 Å². The molecule has 0 spiro atoms. The third-order valence-corrected chi connectivity index (χ3v) is 3.38. The summed E-state index contributed by atoms with van der Waals surface area (Å²) in [6.45, 7) is 10.7. The summed E-state index contributed by atoms with van der Waals surface area (Å²) in [7, 11) is 0. The molecule has 1 atom stereocenters. The number of imidazole rings is 1. The van der Waals surface area contributed by atoms with Crippen LogP contribution in [0.5, 0.6) is 0 Å². The molecular formula is C16H26N4. The molecule has 1 aromatic carbocycles. The van der Waals surface area contributed by atoms with Crippen LogP contribution in [-0.2, 0) is 6.54 Å². The number of hydrogen-bond donors (Lipinski definition) is 2. The average molecular weight is 274 g/mol. The quantitative estimate of drug-likeness (QED) is 0.776. The van der Waals surface area contributed by atoms with Gasteiger partial charge in [-0.3, -0.25) is 0 Å². The third kappa shape index (κ3) is 4.32. The number of rotatable bonds is 8. The molecule has 0 bridgehead atoms. The summed E-state index contributed by atoms with van der Waals surface area (Å²) in [5.74, 6) is 0.708. The molecule has 0 amide bonds. The Kier molecular flexibility index (Phi) is 5.56. The van der Waals surface area contributed by atoms with Gasteiger partial charge in [0, 0.05) is 25.7 Å². The van der Waals surface area contributed by atoms with Gasteiger partial charge in [-0.05, 0) is 31.5 Å². The predicted octanol–water partition coefficient (Wildman–Crippen LogP) is 2.26. The zero-order valence-electron chi connectivity index (χ0n) is 12.8. The Bertz CT molecular complexity index is 518. The molecule has 1 aromatic heterocycles. The smallest absolute Gasteiger partial charge is 0.0958 e. The van der Waals surface area contributed by atoms with E-state index in [4.69, 9.17) is 0 Å². The van der Waals surface area contributed by atoms with Gasteiger partial charge in [0.1, 0.15) is 0 Å². The van der Waals surface area contributed by atoms with Crippen molar-refractivity contribution in [2.75, 3.05) is 19.6 Å². The SMILES string of the molecule is CC(C)CNCC(C)NCCn1cnc2ccccc21. The number of nitrogens with zero attached hydrogens (tertiary/aromatic N) is 2. The van der Waals surface area contributed by atoms with Crippen LogP contribution in [0.4, 0.5) is 0 Å². The molecule has 0 aliphatic carbocycles. The standard InChI is InChI=1S/C16H26N4/c1-13(2)10-17-11-14(3)18-8-9-20-12-19-15-6-4-5-7-16(15)20/h4-7,12-14,17-18H,8-11H2,1-3H3. The van der Waals surface area contributed by atoms with Crippen LogP contribution >= 0.6 is 0 Å². The van der Waals surface area contributed by atoms with Gasteiger partial charge in [-0.1, -0.05) is 26.0 Å². The number of aromatic nitrogens is 2. The highest BCUT2D eigenvalue weighted by molar-refractivity contribution is 5.74. The van der Waals surface area contributed by atoms with Gasteiger partial charge in [-0.15, -0.1) is 0 Å². The first-order chi connectivity index (χ1) is 9.66. The monoisotopic (exact) mass is 274 g/mol. The maximum atomic E-state index is 4.41. The molecule has 2 aromatic rings. The van der Waals surface area contributed by atoms with Crippen LogP contribution < -0.4 is 10.6 Å². The molecule has 4 heteroatoms. The molecule has 20 heavy (non-hydrogen) atoms.